The van der Waals surface area contributed by atoms with Gasteiger partial charge in [0, 0.05) is 23.5 Å². The lowest BCUT2D eigenvalue weighted by Gasteiger charge is -2.04. The average Bonchev–Trinajstić information content (AvgIpc) is 2.56. The van der Waals surface area contributed by atoms with Crippen LogP contribution in [0, 0.1) is 20.8 Å². The van der Waals surface area contributed by atoms with E-state index in [1.807, 2.05) is 6.92 Å². The lowest BCUT2D eigenvalue weighted by atomic mass is 10.1. The van der Waals surface area contributed by atoms with Gasteiger partial charge in [-0.05, 0) is 20.8 Å². The van der Waals surface area contributed by atoms with E-state index >= 15 is 0 Å². The van der Waals surface area contributed by atoms with Gasteiger partial charge in [0.2, 0.25) is 0 Å². The van der Waals surface area contributed by atoms with Gasteiger partial charge in [-0.15, -0.1) is 0 Å². The molecule has 18 heavy (non-hydrogen) atoms. The summed E-state index contributed by atoms with van der Waals surface area (Å²) in [6, 6.07) is 1.75. The highest BCUT2D eigenvalue weighted by Crippen LogP contribution is 2.17. The zero-order chi connectivity index (χ0) is 13.3. The molecule has 0 bridgehead atoms. The van der Waals surface area contributed by atoms with Crippen molar-refractivity contribution in [2.24, 2.45) is 0 Å². The topological polar surface area (TPSA) is 80.9 Å². The highest BCUT2D eigenvalue weighted by molar-refractivity contribution is 5.71. The van der Waals surface area contributed by atoms with Crippen molar-refractivity contribution in [2.45, 2.75) is 27.2 Å². The Bertz CT molecular complexity index is 604. The van der Waals surface area contributed by atoms with Crippen LogP contribution in [0.25, 0.3) is 5.82 Å². The summed E-state index contributed by atoms with van der Waals surface area (Å²) in [5.41, 5.74) is 2.25. The van der Waals surface area contributed by atoms with E-state index in [1.54, 1.807) is 30.8 Å². The minimum atomic E-state index is -0.861. The molecule has 0 unspecified atom stereocenters. The summed E-state index contributed by atoms with van der Waals surface area (Å²) in [7, 11) is 0. The van der Waals surface area contributed by atoms with Crippen molar-refractivity contribution in [3.05, 3.63) is 35.0 Å². The number of hydrogen-bond donors (Lipinski definition) is 1. The summed E-state index contributed by atoms with van der Waals surface area (Å²) in [4.78, 5) is 19.1. The highest BCUT2D eigenvalue weighted by Gasteiger charge is 2.15. The molecule has 0 aromatic carbocycles. The fourth-order valence-electron chi connectivity index (χ4n) is 1.87. The van der Waals surface area contributed by atoms with Crippen molar-refractivity contribution in [1.29, 1.82) is 0 Å². The molecule has 2 heterocycles. The molecule has 6 nitrogen and oxygen atoms in total. The quantitative estimate of drug-likeness (QED) is 0.880. The second kappa shape index (κ2) is 4.56. The van der Waals surface area contributed by atoms with Gasteiger partial charge in [0.1, 0.15) is 5.82 Å². The Morgan fingerprint density at radius 2 is 2.11 bits per heavy atom. The largest absolute Gasteiger partial charge is 0.481 e. The van der Waals surface area contributed by atoms with Gasteiger partial charge in [0.05, 0.1) is 12.1 Å². The Kier molecular flexibility index (Phi) is 3.10. The second-order valence-electron chi connectivity index (χ2n) is 4.09. The number of rotatable bonds is 3. The molecule has 2 rings (SSSR count). The van der Waals surface area contributed by atoms with E-state index in [4.69, 9.17) is 5.11 Å². The smallest absolute Gasteiger partial charge is 0.307 e. The molecule has 0 spiro atoms. The molecule has 0 aliphatic rings. The molecule has 0 aliphatic heterocycles. The van der Waals surface area contributed by atoms with Gasteiger partial charge in [0.15, 0.2) is 5.82 Å². The average molecular weight is 246 g/mol. The van der Waals surface area contributed by atoms with Crippen LogP contribution in [0.15, 0.2) is 12.3 Å². The number of hydrogen-bond acceptors (Lipinski definition) is 4. The first-order chi connectivity index (χ1) is 8.49. The molecule has 1 N–H and O–H groups in total. The monoisotopic (exact) mass is 246 g/mol. The fourth-order valence-corrected chi connectivity index (χ4v) is 1.87. The standard InChI is InChI=1S/C12H14N4O2/c1-7-10(6-12(17)18)8(2)16(15-7)11-4-5-13-9(3)14-11/h4-5H,6H2,1-3H3,(H,17,18). The Morgan fingerprint density at radius 3 is 2.72 bits per heavy atom. The Hall–Kier alpha value is -2.24. The normalized spacial score (nSPS) is 10.6. The molecule has 0 saturated carbocycles. The van der Waals surface area contributed by atoms with Crippen molar-refractivity contribution in [2.75, 3.05) is 0 Å². The number of aromatic nitrogens is 4. The molecule has 0 atom stereocenters. The van der Waals surface area contributed by atoms with E-state index in [-0.39, 0.29) is 6.42 Å². The molecule has 0 aliphatic carbocycles. The molecule has 0 amide bonds. The number of nitrogens with zero attached hydrogens (tertiary/aromatic N) is 4. The predicted molar refractivity (Wildman–Crippen MR) is 64.7 cm³/mol. The van der Waals surface area contributed by atoms with Crippen molar-refractivity contribution >= 4 is 5.97 Å². The van der Waals surface area contributed by atoms with E-state index in [2.05, 4.69) is 15.1 Å². The SMILES string of the molecule is Cc1nccc(-n2nc(C)c(CC(=O)O)c2C)n1. The number of aliphatic carboxylic acids is 1. The molecule has 2 aromatic rings. The van der Waals surface area contributed by atoms with Gasteiger partial charge in [-0.1, -0.05) is 0 Å². The van der Waals surface area contributed by atoms with Gasteiger partial charge in [-0.2, -0.15) is 5.10 Å². The first kappa shape index (κ1) is 12.2. The maximum atomic E-state index is 10.8. The Labute approximate surface area is 104 Å². The van der Waals surface area contributed by atoms with Gasteiger partial charge in [-0.3, -0.25) is 4.79 Å². The molecule has 94 valence electrons. The molecule has 0 radical (unpaired) electrons. The number of carbonyl (C=O) groups is 1. The lowest BCUT2D eigenvalue weighted by Crippen LogP contribution is -2.05. The highest BCUT2D eigenvalue weighted by atomic mass is 16.4. The van der Waals surface area contributed by atoms with E-state index in [1.165, 1.54) is 0 Å². The zero-order valence-electron chi connectivity index (χ0n) is 10.5. The van der Waals surface area contributed by atoms with Crippen LogP contribution < -0.4 is 0 Å². The molecule has 2 aromatic heterocycles. The molecule has 0 saturated heterocycles. The van der Waals surface area contributed by atoms with Crippen LogP contribution >= 0.6 is 0 Å². The van der Waals surface area contributed by atoms with E-state index in [0.717, 1.165) is 11.3 Å². The van der Waals surface area contributed by atoms with Crippen molar-refractivity contribution in [3.8, 4) is 5.82 Å². The first-order valence-corrected chi connectivity index (χ1v) is 5.56. The van der Waals surface area contributed by atoms with Gasteiger partial charge < -0.3 is 5.11 Å². The van der Waals surface area contributed by atoms with Crippen molar-refractivity contribution < 1.29 is 9.90 Å². The Balaban J connectivity index is 2.50. The van der Waals surface area contributed by atoms with E-state index < -0.39 is 5.97 Å². The minimum absolute atomic E-state index is 0.0261. The maximum Gasteiger partial charge on any atom is 0.307 e. The molecule has 6 heteroatoms. The van der Waals surface area contributed by atoms with Gasteiger partial charge >= 0.3 is 5.97 Å². The number of carboxylic acid groups (broad SMARTS) is 1. The molecule has 0 fully saturated rings. The van der Waals surface area contributed by atoms with Crippen molar-refractivity contribution in [3.63, 3.8) is 0 Å². The second-order valence-corrected chi connectivity index (χ2v) is 4.09. The van der Waals surface area contributed by atoms with Gasteiger partial charge in [-0.25, -0.2) is 14.6 Å². The minimum Gasteiger partial charge on any atom is -0.481 e. The zero-order valence-corrected chi connectivity index (χ0v) is 10.5. The van der Waals surface area contributed by atoms with Crippen LogP contribution in [0.3, 0.4) is 0 Å². The predicted octanol–water partition coefficient (Wildman–Crippen LogP) is 1.21. The van der Waals surface area contributed by atoms with E-state index in [9.17, 15) is 4.79 Å². The summed E-state index contributed by atoms with van der Waals surface area (Å²) in [5, 5.41) is 13.2. The fraction of sp³-hybridized carbons (Fsp3) is 0.333. The summed E-state index contributed by atoms with van der Waals surface area (Å²) >= 11 is 0. The Morgan fingerprint density at radius 1 is 1.39 bits per heavy atom. The third kappa shape index (κ3) is 2.22. The summed E-state index contributed by atoms with van der Waals surface area (Å²) in [6.07, 6.45) is 1.63. The summed E-state index contributed by atoms with van der Waals surface area (Å²) < 4.78 is 1.66. The third-order valence-corrected chi connectivity index (χ3v) is 2.75. The van der Waals surface area contributed by atoms with Crippen LogP contribution in [0.2, 0.25) is 0 Å². The van der Waals surface area contributed by atoms with Crippen LogP contribution in [0.4, 0.5) is 0 Å². The van der Waals surface area contributed by atoms with Crippen LogP contribution in [-0.2, 0) is 11.2 Å². The maximum absolute atomic E-state index is 10.8. The van der Waals surface area contributed by atoms with Gasteiger partial charge in [0.25, 0.3) is 0 Å². The van der Waals surface area contributed by atoms with Crippen LogP contribution in [0.1, 0.15) is 22.8 Å². The van der Waals surface area contributed by atoms with Crippen LogP contribution in [-0.4, -0.2) is 30.8 Å². The van der Waals surface area contributed by atoms with Crippen molar-refractivity contribution in [1.82, 2.24) is 19.7 Å². The number of aryl methyl sites for hydroxylation is 2. The van der Waals surface area contributed by atoms with Crippen LogP contribution in [0.5, 0.6) is 0 Å². The summed E-state index contributed by atoms with van der Waals surface area (Å²) in [6.45, 7) is 5.44. The van der Waals surface area contributed by atoms with E-state index in [0.29, 0.717) is 17.3 Å². The molecular weight excluding hydrogens is 232 g/mol. The lowest BCUT2D eigenvalue weighted by molar-refractivity contribution is -0.136. The summed E-state index contributed by atoms with van der Waals surface area (Å²) in [5.74, 6) is 0.444. The third-order valence-electron chi connectivity index (χ3n) is 2.75. The molecular formula is C12H14N4O2. The first-order valence-electron chi connectivity index (χ1n) is 5.56. The number of carboxylic acids is 1.